The van der Waals surface area contributed by atoms with Gasteiger partial charge in [-0.1, -0.05) is 31.1 Å². The number of hydrogen-bond acceptors (Lipinski definition) is 11. The number of allylic oxidation sites excluding steroid dienone is 1. The van der Waals surface area contributed by atoms with Crippen LogP contribution in [0, 0.1) is 5.41 Å². The Balaban J connectivity index is 2.29. The lowest BCUT2D eigenvalue weighted by Crippen LogP contribution is -2.55. The maximum Gasteiger partial charge on any atom is 0.408 e. The van der Waals surface area contributed by atoms with Gasteiger partial charge in [-0.2, -0.15) is 0 Å². The first kappa shape index (κ1) is 46.2. The smallest absolute Gasteiger partial charge is 0.408 e. The van der Waals surface area contributed by atoms with Crippen LogP contribution in [0.5, 0.6) is 5.75 Å². The Morgan fingerprint density at radius 2 is 1.48 bits per heavy atom. The Labute approximate surface area is 319 Å². The normalized spacial score (nSPS) is 15.9. The van der Waals surface area contributed by atoms with E-state index in [1.165, 1.54) is 7.11 Å². The molecule has 1 aromatic carbocycles. The van der Waals surface area contributed by atoms with Gasteiger partial charge in [0.05, 0.1) is 12.5 Å². The van der Waals surface area contributed by atoms with E-state index in [0.29, 0.717) is 43.4 Å². The topological polar surface area (TPSA) is 197 Å². The summed E-state index contributed by atoms with van der Waals surface area (Å²) in [6.07, 6.45) is 5.33. The minimum absolute atomic E-state index is 0.0305. The summed E-state index contributed by atoms with van der Waals surface area (Å²) in [5.41, 5.74) is -1.54. The van der Waals surface area contributed by atoms with Crippen LogP contribution < -0.4 is 26.0 Å². The van der Waals surface area contributed by atoms with Crippen molar-refractivity contribution in [3.8, 4) is 5.75 Å². The van der Waals surface area contributed by atoms with E-state index < -0.39 is 66.0 Å². The van der Waals surface area contributed by atoms with Gasteiger partial charge in [0.1, 0.15) is 29.0 Å². The number of esters is 1. The second-order valence-corrected chi connectivity index (χ2v) is 17.7. The van der Waals surface area contributed by atoms with Crippen molar-refractivity contribution in [3.63, 3.8) is 0 Å². The highest BCUT2D eigenvalue weighted by atomic mass is 31.2. The monoisotopic (exact) mass is 780 g/mol. The van der Waals surface area contributed by atoms with Crippen molar-refractivity contribution in [2.45, 2.75) is 128 Å². The lowest BCUT2D eigenvalue weighted by atomic mass is 9.81. The summed E-state index contributed by atoms with van der Waals surface area (Å²) in [5, 5.41) is 10.6. The van der Waals surface area contributed by atoms with Crippen LogP contribution in [0.3, 0.4) is 0 Å². The van der Waals surface area contributed by atoms with Gasteiger partial charge < -0.3 is 44.5 Å². The van der Waals surface area contributed by atoms with E-state index in [-0.39, 0.29) is 25.3 Å². The predicted octanol–water partition coefficient (Wildman–Crippen LogP) is 5.31. The third-order valence-corrected chi connectivity index (χ3v) is 10.8. The van der Waals surface area contributed by atoms with Gasteiger partial charge in [-0.3, -0.25) is 18.9 Å². The van der Waals surface area contributed by atoms with E-state index in [1.807, 2.05) is 20.8 Å². The van der Waals surface area contributed by atoms with Gasteiger partial charge >= 0.3 is 19.7 Å². The fraction of sp³-hybridized carbons (Fsp3) is 0.658. The van der Waals surface area contributed by atoms with Gasteiger partial charge in [0.25, 0.3) is 5.91 Å². The molecule has 4 amide bonds. The molecular formula is C38H61N4O11P. The second kappa shape index (κ2) is 20.7. The molecule has 0 unspecified atom stereocenters. The second-order valence-electron chi connectivity index (χ2n) is 15.4. The molecule has 0 spiro atoms. The molecule has 0 heterocycles. The summed E-state index contributed by atoms with van der Waals surface area (Å²) in [6, 6.07) is 4.83. The number of nitrogens with one attached hydrogen (secondary N) is 4. The molecular weight excluding hydrogens is 719 g/mol. The quantitative estimate of drug-likeness (QED) is 0.0580. The van der Waals surface area contributed by atoms with Crippen LogP contribution in [-0.4, -0.2) is 86.7 Å². The highest BCUT2D eigenvalue weighted by Gasteiger charge is 2.45. The van der Waals surface area contributed by atoms with Crippen LogP contribution in [0.4, 0.5) is 4.79 Å². The molecule has 0 aromatic heterocycles. The summed E-state index contributed by atoms with van der Waals surface area (Å²) < 4.78 is 40.2. The zero-order chi connectivity index (χ0) is 40.7. The first-order valence-corrected chi connectivity index (χ1v) is 19.9. The summed E-state index contributed by atoms with van der Waals surface area (Å²) in [6.45, 7) is 14.4. The molecule has 0 aliphatic heterocycles. The van der Waals surface area contributed by atoms with Crippen LogP contribution in [0.1, 0.15) is 98.5 Å². The molecule has 16 heteroatoms. The van der Waals surface area contributed by atoms with E-state index in [2.05, 4.69) is 27.8 Å². The number of ether oxygens (including phenoxy) is 3. The average molecular weight is 781 g/mol. The van der Waals surface area contributed by atoms with Crippen molar-refractivity contribution in [3.05, 3.63) is 42.5 Å². The molecule has 3 atom stereocenters. The third kappa shape index (κ3) is 14.7. The van der Waals surface area contributed by atoms with Crippen LogP contribution in [-0.2, 0) is 48.7 Å². The molecule has 4 N–H and O–H groups in total. The molecule has 0 radical (unpaired) electrons. The van der Waals surface area contributed by atoms with Crippen molar-refractivity contribution < 1.29 is 51.8 Å². The maximum atomic E-state index is 13.9. The van der Waals surface area contributed by atoms with Gasteiger partial charge in [-0.25, -0.2) is 9.59 Å². The number of benzene rings is 1. The van der Waals surface area contributed by atoms with Crippen LogP contribution >= 0.6 is 7.60 Å². The molecule has 1 aliphatic carbocycles. The lowest BCUT2D eigenvalue weighted by molar-refractivity contribution is -0.147. The van der Waals surface area contributed by atoms with Gasteiger partial charge in [0.2, 0.25) is 17.6 Å². The van der Waals surface area contributed by atoms with Gasteiger partial charge in [-0.05, 0) is 97.8 Å². The number of amides is 4. The molecule has 1 fully saturated rings. The van der Waals surface area contributed by atoms with Crippen molar-refractivity contribution in [1.29, 1.82) is 0 Å². The molecule has 15 nitrogen and oxygen atoms in total. The Bertz CT molecular complexity index is 1470. The van der Waals surface area contributed by atoms with Crippen LogP contribution in [0.2, 0.25) is 0 Å². The van der Waals surface area contributed by atoms with Crippen molar-refractivity contribution >= 4 is 37.4 Å². The Hall–Kier alpha value is -3.94. The highest BCUT2D eigenvalue weighted by molar-refractivity contribution is 7.55. The lowest BCUT2D eigenvalue weighted by Gasteiger charge is -2.31. The highest BCUT2D eigenvalue weighted by Crippen LogP contribution is 2.50. The standard InChI is InChI=1S/C38H61N4O11P/c1-11-12-13-16-28(33(45)49-8)40-34(46)38(21-14-15-22-38)23-24-39-31(44)32(54(48,50-9)51-10)42-30(43)29(41-35(47)53-37(5,6)7)25-26-17-19-27(20-18-26)52-36(2,3)4/h11,17-20,28-29,32H,1,12-16,21-25H2,2-10H3,(H,39,44)(H,40,46)(H,41,47)(H,42,43)/t28-,29-,32-/m0/s1. The fourth-order valence-electron chi connectivity index (χ4n) is 6.08. The minimum Gasteiger partial charge on any atom is -0.488 e. The average Bonchev–Trinajstić information content (AvgIpc) is 3.58. The number of methoxy groups -OCH3 is 1. The SMILES string of the molecule is C=CCCC[C@H](NC(=O)C1(CCNC(=O)[C@@H](NC(=O)[C@H](Cc2ccc(OC(C)(C)C)cc2)NC(=O)OC(C)(C)C)P(=O)(OC)OC)CCCC1)C(=O)OC. The molecule has 304 valence electrons. The Morgan fingerprint density at radius 1 is 0.870 bits per heavy atom. The van der Waals surface area contributed by atoms with Crippen molar-refractivity contribution in [2.24, 2.45) is 5.41 Å². The van der Waals surface area contributed by atoms with E-state index in [4.69, 9.17) is 23.3 Å². The summed E-state index contributed by atoms with van der Waals surface area (Å²) in [5.74, 6) is -3.83. The van der Waals surface area contributed by atoms with Crippen molar-refractivity contribution in [1.82, 2.24) is 21.3 Å². The van der Waals surface area contributed by atoms with Gasteiger partial charge in [0.15, 0.2) is 0 Å². The molecule has 1 saturated carbocycles. The van der Waals surface area contributed by atoms with E-state index in [0.717, 1.165) is 27.1 Å². The molecule has 2 rings (SSSR count). The summed E-state index contributed by atoms with van der Waals surface area (Å²) in [7, 11) is -0.880. The molecule has 1 aliphatic rings. The van der Waals surface area contributed by atoms with Gasteiger partial charge in [-0.15, -0.1) is 6.58 Å². The maximum absolute atomic E-state index is 13.9. The Kier molecular flexibility index (Phi) is 17.7. The van der Waals surface area contributed by atoms with Crippen LogP contribution in [0.25, 0.3) is 0 Å². The first-order chi connectivity index (χ1) is 25.2. The van der Waals surface area contributed by atoms with Crippen LogP contribution in [0.15, 0.2) is 36.9 Å². The number of carbonyl (C=O) groups excluding carboxylic acids is 5. The molecule has 54 heavy (non-hydrogen) atoms. The van der Waals surface area contributed by atoms with E-state index in [1.54, 1.807) is 51.1 Å². The summed E-state index contributed by atoms with van der Waals surface area (Å²) >= 11 is 0. The summed E-state index contributed by atoms with van der Waals surface area (Å²) in [4.78, 5) is 66.6. The van der Waals surface area contributed by atoms with E-state index in [9.17, 15) is 28.5 Å². The Morgan fingerprint density at radius 3 is 2.00 bits per heavy atom. The third-order valence-electron chi connectivity index (χ3n) is 8.78. The fourth-order valence-corrected chi connectivity index (χ4v) is 7.32. The number of carbonyl (C=O) groups is 5. The number of unbranched alkanes of at least 4 members (excludes halogenated alkanes) is 1. The predicted molar refractivity (Wildman–Crippen MR) is 204 cm³/mol. The number of hydrogen-bond donors (Lipinski definition) is 4. The molecule has 1 aromatic rings. The zero-order valence-electron chi connectivity index (χ0n) is 33.3. The van der Waals surface area contributed by atoms with Gasteiger partial charge in [0, 0.05) is 27.2 Å². The number of rotatable bonds is 20. The van der Waals surface area contributed by atoms with Crippen molar-refractivity contribution in [2.75, 3.05) is 27.9 Å². The molecule has 0 saturated heterocycles. The zero-order valence-corrected chi connectivity index (χ0v) is 34.2. The largest absolute Gasteiger partial charge is 0.488 e. The van der Waals surface area contributed by atoms with E-state index >= 15 is 0 Å². The molecule has 0 bridgehead atoms. The first-order valence-electron chi connectivity index (χ1n) is 18.3. The number of alkyl carbamates (subject to hydrolysis) is 1. The minimum atomic E-state index is -4.31.